The van der Waals surface area contributed by atoms with Crippen LogP contribution in [0.4, 0.5) is 0 Å². The van der Waals surface area contributed by atoms with Crippen molar-refractivity contribution in [3.8, 4) is 0 Å². The highest BCUT2D eigenvalue weighted by atomic mass is 16.5. The first kappa shape index (κ1) is 11.3. The Bertz CT molecular complexity index is 507. The predicted molar refractivity (Wildman–Crippen MR) is 61.4 cm³/mol. The van der Waals surface area contributed by atoms with Gasteiger partial charge in [-0.05, 0) is 12.5 Å². The van der Waals surface area contributed by atoms with Crippen LogP contribution in [0.2, 0.25) is 0 Å². The minimum atomic E-state index is -0.335. The quantitative estimate of drug-likeness (QED) is 0.875. The van der Waals surface area contributed by atoms with Crippen molar-refractivity contribution in [1.82, 2.24) is 15.5 Å². The summed E-state index contributed by atoms with van der Waals surface area (Å²) in [5.41, 5.74) is 1.03. The third-order valence-electron chi connectivity index (χ3n) is 2.38. The molecule has 2 rings (SSSR count). The molecule has 0 fully saturated rings. The van der Waals surface area contributed by atoms with Crippen molar-refractivity contribution in [2.45, 2.75) is 19.9 Å². The van der Waals surface area contributed by atoms with Crippen LogP contribution in [0.1, 0.15) is 35.0 Å². The lowest BCUT2D eigenvalue weighted by molar-refractivity contribution is 0.0926. The Morgan fingerprint density at radius 3 is 2.65 bits per heavy atom. The third-order valence-corrected chi connectivity index (χ3v) is 2.38. The summed E-state index contributed by atoms with van der Waals surface area (Å²) in [5.74, 6) is 0.103. The Balaban J connectivity index is 2.04. The van der Waals surface area contributed by atoms with Gasteiger partial charge in [-0.2, -0.15) is 4.98 Å². The second-order valence-corrected chi connectivity index (χ2v) is 3.74. The molecular formula is C12H13N3O2. The van der Waals surface area contributed by atoms with Gasteiger partial charge in [0.15, 0.2) is 0 Å². The molecule has 0 radical (unpaired) electrons. The average molecular weight is 231 g/mol. The molecule has 1 N–H and O–H groups in total. The van der Waals surface area contributed by atoms with Crippen LogP contribution in [0.15, 0.2) is 34.9 Å². The number of aryl methyl sites for hydroxylation is 1. The van der Waals surface area contributed by atoms with Gasteiger partial charge in [-0.15, -0.1) is 0 Å². The minimum Gasteiger partial charge on any atom is -0.343 e. The first-order chi connectivity index (χ1) is 8.16. The van der Waals surface area contributed by atoms with Crippen LogP contribution in [-0.2, 0) is 0 Å². The van der Waals surface area contributed by atoms with Gasteiger partial charge in [0.05, 0.1) is 6.04 Å². The van der Waals surface area contributed by atoms with Gasteiger partial charge in [-0.25, -0.2) is 0 Å². The summed E-state index contributed by atoms with van der Waals surface area (Å²) in [4.78, 5) is 15.6. The Morgan fingerprint density at radius 2 is 2.06 bits per heavy atom. The molecule has 2 aromatic rings. The van der Waals surface area contributed by atoms with Crippen LogP contribution >= 0.6 is 0 Å². The van der Waals surface area contributed by atoms with Gasteiger partial charge >= 0.3 is 0 Å². The van der Waals surface area contributed by atoms with Crippen molar-refractivity contribution in [3.63, 3.8) is 0 Å². The van der Waals surface area contributed by atoms with E-state index in [-0.39, 0.29) is 17.8 Å². The summed E-state index contributed by atoms with van der Waals surface area (Å²) >= 11 is 0. The molecular weight excluding hydrogens is 218 g/mol. The Labute approximate surface area is 98.8 Å². The summed E-state index contributed by atoms with van der Waals surface area (Å²) in [5, 5.41) is 6.37. The van der Waals surface area contributed by atoms with Crippen molar-refractivity contribution in [1.29, 1.82) is 0 Å². The van der Waals surface area contributed by atoms with E-state index in [0.29, 0.717) is 5.89 Å². The lowest BCUT2D eigenvalue weighted by atomic mass is 10.1. The highest BCUT2D eigenvalue weighted by molar-refractivity contribution is 5.90. The minimum absolute atomic E-state index is 0.0604. The number of hydrogen-bond acceptors (Lipinski definition) is 4. The number of nitrogens with zero attached hydrogens (tertiary/aromatic N) is 2. The van der Waals surface area contributed by atoms with Gasteiger partial charge in [0, 0.05) is 6.92 Å². The molecule has 0 spiro atoms. The maximum Gasteiger partial charge on any atom is 0.293 e. The second-order valence-electron chi connectivity index (χ2n) is 3.74. The molecule has 0 aliphatic heterocycles. The monoisotopic (exact) mass is 231 g/mol. The molecule has 1 heterocycles. The van der Waals surface area contributed by atoms with E-state index in [9.17, 15) is 4.79 Å². The zero-order chi connectivity index (χ0) is 12.3. The summed E-state index contributed by atoms with van der Waals surface area (Å²) < 4.78 is 4.75. The van der Waals surface area contributed by atoms with Gasteiger partial charge in [-0.1, -0.05) is 35.5 Å². The summed E-state index contributed by atoms with van der Waals surface area (Å²) in [6.07, 6.45) is 0. The number of hydrogen-bond donors (Lipinski definition) is 1. The highest BCUT2D eigenvalue weighted by Crippen LogP contribution is 2.11. The van der Waals surface area contributed by atoms with Gasteiger partial charge in [-0.3, -0.25) is 4.79 Å². The number of rotatable bonds is 3. The number of amides is 1. The molecule has 1 unspecified atom stereocenters. The Hall–Kier alpha value is -2.17. The maximum absolute atomic E-state index is 11.7. The van der Waals surface area contributed by atoms with E-state index in [2.05, 4.69) is 15.5 Å². The van der Waals surface area contributed by atoms with Crippen LogP contribution < -0.4 is 5.32 Å². The van der Waals surface area contributed by atoms with Crippen LogP contribution in [0.5, 0.6) is 0 Å². The number of aromatic nitrogens is 2. The zero-order valence-electron chi connectivity index (χ0n) is 9.68. The third kappa shape index (κ3) is 2.69. The molecule has 1 atom stereocenters. The molecule has 0 saturated heterocycles. The van der Waals surface area contributed by atoms with Crippen molar-refractivity contribution < 1.29 is 9.32 Å². The number of carbonyl (C=O) groups is 1. The summed E-state index contributed by atoms with van der Waals surface area (Å²) in [7, 11) is 0. The van der Waals surface area contributed by atoms with Crippen LogP contribution in [0.3, 0.4) is 0 Å². The molecule has 1 amide bonds. The van der Waals surface area contributed by atoms with E-state index in [0.717, 1.165) is 5.56 Å². The van der Waals surface area contributed by atoms with Gasteiger partial charge in [0.2, 0.25) is 5.89 Å². The first-order valence-electron chi connectivity index (χ1n) is 5.33. The SMILES string of the molecule is Cc1nc(C(=O)NC(C)c2ccccc2)no1. The topological polar surface area (TPSA) is 68.0 Å². The van der Waals surface area contributed by atoms with Crippen molar-refractivity contribution in [3.05, 3.63) is 47.6 Å². The summed E-state index contributed by atoms with van der Waals surface area (Å²) in [6, 6.07) is 9.59. The van der Waals surface area contributed by atoms with E-state index in [1.165, 1.54) is 0 Å². The molecule has 0 saturated carbocycles. The fraction of sp³-hybridized carbons (Fsp3) is 0.250. The van der Waals surface area contributed by atoms with Gasteiger partial charge in [0.1, 0.15) is 0 Å². The Kier molecular flexibility index (Phi) is 3.18. The van der Waals surface area contributed by atoms with Gasteiger partial charge < -0.3 is 9.84 Å². The largest absolute Gasteiger partial charge is 0.343 e. The van der Waals surface area contributed by atoms with Crippen molar-refractivity contribution >= 4 is 5.91 Å². The van der Waals surface area contributed by atoms with E-state index in [1.54, 1.807) is 6.92 Å². The summed E-state index contributed by atoms with van der Waals surface area (Å²) in [6.45, 7) is 3.55. The molecule has 1 aromatic carbocycles. The number of benzene rings is 1. The fourth-order valence-corrected chi connectivity index (χ4v) is 1.48. The van der Waals surface area contributed by atoms with E-state index < -0.39 is 0 Å². The second kappa shape index (κ2) is 4.78. The molecule has 5 nitrogen and oxygen atoms in total. The number of nitrogens with one attached hydrogen (secondary N) is 1. The maximum atomic E-state index is 11.7. The predicted octanol–water partition coefficient (Wildman–Crippen LogP) is 1.87. The molecule has 1 aromatic heterocycles. The van der Waals surface area contributed by atoms with Crippen molar-refractivity contribution in [2.24, 2.45) is 0 Å². The molecule has 0 aliphatic carbocycles. The molecule has 5 heteroatoms. The van der Waals surface area contributed by atoms with Crippen LogP contribution in [0, 0.1) is 6.92 Å². The molecule has 17 heavy (non-hydrogen) atoms. The van der Waals surface area contributed by atoms with Crippen LogP contribution in [-0.4, -0.2) is 16.0 Å². The highest BCUT2D eigenvalue weighted by Gasteiger charge is 2.15. The lowest BCUT2D eigenvalue weighted by Gasteiger charge is -2.12. The average Bonchev–Trinajstić information content (AvgIpc) is 2.77. The molecule has 88 valence electrons. The first-order valence-corrected chi connectivity index (χ1v) is 5.33. The molecule has 0 bridgehead atoms. The standard InChI is InChI=1S/C12H13N3O2/c1-8(10-6-4-3-5-7-10)13-12(16)11-14-9(2)17-15-11/h3-8H,1-2H3,(H,13,16). The Morgan fingerprint density at radius 1 is 1.35 bits per heavy atom. The van der Waals surface area contributed by atoms with Crippen LogP contribution in [0.25, 0.3) is 0 Å². The zero-order valence-corrected chi connectivity index (χ0v) is 9.68. The van der Waals surface area contributed by atoms with E-state index in [4.69, 9.17) is 4.52 Å². The fourth-order valence-electron chi connectivity index (χ4n) is 1.48. The van der Waals surface area contributed by atoms with E-state index >= 15 is 0 Å². The smallest absolute Gasteiger partial charge is 0.293 e. The normalized spacial score (nSPS) is 12.1. The van der Waals surface area contributed by atoms with Gasteiger partial charge in [0.25, 0.3) is 11.7 Å². The van der Waals surface area contributed by atoms with E-state index in [1.807, 2.05) is 37.3 Å². The molecule has 0 aliphatic rings. The number of carbonyl (C=O) groups excluding carboxylic acids is 1. The lowest BCUT2D eigenvalue weighted by Crippen LogP contribution is -2.27. The van der Waals surface area contributed by atoms with Crippen molar-refractivity contribution in [2.75, 3.05) is 0 Å².